The second-order valence-electron chi connectivity index (χ2n) is 4.27. The smallest absolute Gasteiger partial charge is 0.262 e. The minimum atomic E-state index is -0.289. The van der Waals surface area contributed by atoms with E-state index in [4.69, 9.17) is 9.47 Å². The van der Waals surface area contributed by atoms with Crippen LogP contribution in [0, 0.1) is 0 Å². The molecule has 1 saturated heterocycles. The summed E-state index contributed by atoms with van der Waals surface area (Å²) in [4.78, 5) is 20.0. The van der Waals surface area contributed by atoms with Gasteiger partial charge in [-0.15, -0.1) is 12.4 Å². The molecule has 1 aromatic heterocycles. The van der Waals surface area contributed by atoms with Gasteiger partial charge in [-0.05, 0) is 19.4 Å². The van der Waals surface area contributed by atoms with Gasteiger partial charge in [0.25, 0.3) is 5.91 Å². The maximum atomic E-state index is 12.2. The Balaban J connectivity index is 0.00000200. The van der Waals surface area contributed by atoms with Crippen molar-refractivity contribution in [1.82, 2.24) is 20.6 Å². The Hall–Kier alpha value is -1.60. The average molecular weight is 303 g/mol. The lowest BCUT2D eigenvalue weighted by Gasteiger charge is -2.13. The van der Waals surface area contributed by atoms with Crippen molar-refractivity contribution in [2.75, 3.05) is 27.3 Å². The Labute approximate surface area is 123 Å². The molecule has 1 fully saturated rings. The van der Waals surface area contributed by atoms with E-state index in [0.717, 1.165) is 19.4 Å². The van der Waals surface area contributed by atoms with E-state index >= 15 is 0 Å². The van der Waals surface area contributed by atoms with E-state index in [1.165, 1.54) is 20.5 Å². The summed E-state index contributed by atoms with van der Waals surface area (Å²) in [7, 11) is 2.91. The maximum Gasteiger partial charge on any atom is 0.262 e. The van der Waals surface area contributed by atoms with Crippen molar-refractivity contribution >= 4 is 18.3 Å². The molecule has 0 radical (unpaired) electrons. The molecular formula is C12H19ClN4O3. The number of hydrogen-bond donors (Lipinski definition) is 2. The van der Waals surface area contributed by atoms with E-state index in [0.29, 0.717) is 12.6 Å². The zero-order valence-corrected chi connectivity index (χ0v) is 12.3. The normalized spacial score (nSPS) is 17.2. The Bertz CT molecular complexity index is 430. The first kappa shape index (κ1) is 16.5. The molecule has 112 valence electrons. The van der Waals surface area contributed by atoms with E-state index in [-0.39, 0.29) is 35.6 Å². The third-order valence-corrected chi connectivity index (χ3v) is 3.06. The van der Waals surface area contributed by atoms with Gasteiger partial charge in [0.15, 0.2) is 5.56 Å². The number of hydrogen-bond acceptors (Lipinski definition) is 6. The Morgan fingerprint density at radius 1 is 1.40 bits per heavy atom. The first-order valence-corrected chi connectivity index (χ1v) is 6.20. The van der Waals surface area contributed by atoms with Gasteiger partial charge in [-0.1, -0.05) is 0 Å². The molecule has 1 unspecified atom stereocenters. The number of aromatic nitrogens is 2. The second-order valence-corrected chi connectivity index (χ2v) is 4.27. The first-order chi connectivity index (χ1) is 9.26. The zero-order valence-electron chi connectivity index (χ0n) is 11.5. The van der Waals surface area contributed by atoms with Crippen LogP contribution in [0.15, 0.2) is 6.33 Å². The molecule has 2 rings (SSSR count). The SMILES string of the molecule is COc1ncnc(OC)c1C(=O)NCC1CCCN1.Cl. The molecule has 0 spiro atoms. The summed E-state index contributed by atoms with van der Waals surface area (Å²) < 4.78 is 10.1. The molecule has 2 N–H and O–H groups in total. The van der Waals surface area contributed by atoms with Crippen molar-refractivity contribution in [3.63, 3.8) is 0 Å². The highest BCUT2D eigenvalue weighted by Gasteiger charge is 2.22. The van der Waals surface area contributed by atoms with Gasteiger partial charge in [-0.3, -0.25) is 4.79 Å². The molecule has 7 nitrogen and oxygen atoms in total. The Morgan fingerprint density at radius 2 is 2.05 bits per heavy atom. The lowest BCUT2D eigenvalue weighted by Crippen LogP contribution is -2.37. The molecule has 1 amide bonds. The first-order valence-electron chi connectivity index (χ1n) is 6.20. The predicted molar refractivity (Wildman–Crippen MR) is 75.7 cm³/mol. The highest BCUT2D eigenvalue weighted by molar-refractivity contribution is 5.98. The highest BCUT2D eigenvalue weighted by Crippen LogP contribution is 2.22. The molecule has 1 aromatic rings. The number of amides is 1. The fraction of sp³-hybridized carbons (Fsp3) is 0.583. The number of halogens is 1. The number of nitrogens with zero attached hydrogens (tertiary/aromatic N) is 2. The topological polar surface area (TPSA) is 85.4 Å². The molecular weight excluding hydrogens is 284 g/mol. The van der Waals surface area contributed by atoms with Crippen LogP contribution in [-0.2, 0) is 0 Å². The van der Waals surface area contributed by atoms with E-state index in [1.807, 2.05) is 0 Å². The Morgan fingerprint density at radius 3 is 2.55 bits per heavy atom. The summed E-state index contributed by atoms with van der Waals surface area (Å²) >= 11 is 0. The fourth-order valence-electron chi connectivity index (χ4n) is 2.09. The third kappa shape index (κ3) is 3.71. The van der Waals surface area contributed by atoms with Crippen LogP contribution in [0.4, 0.5) is 0 Å². The molecule has 8 heteroatoms. The molecule has 1 aliphatic rings. The van der Waals surface area contributed by atoms with E-state index in [1.54, 1.807) is 0 Å². The summed E-state index contributed by atoms with van der Waals surface area (Å²) in [6.45, 7) is 1.57. The van der Waals surface area contributed by atoms with Crippen molar-refractivity contribution in [3.05, 3.63) is 11.9 Å². The van der Waals surface area contributed by atoms with Crippen molar-refractivity contribution < 1.29 is 14.3 Å². The lowest BCUT2D eigenvalue weighted by atomic mass is 10.2. The van der Waals surface area contributed by atoms with Crippen molar-refractivity contribution in [2.24, 2.45) is 0 Å². The van der Waals surface area contributed by atoms with Gasteiger partial charge < -0.3 is 20.1 Å². The lowest BCUT2D eigenvalue weighted by molar-refractivity contribution is 0.0942. The van der Waals surface area contributed by atoms with Gasteiger partial charge >= 0.3 is 0 Å². The van der Waals surface area contributed by atoms with Crippen LogP contribution in [0.2, 0.25) is 0 Å². The maximum absolute atomic E-state index is 12.2. The van der Waals surface area contributed by atoms with Crippen LogP contribution < -0.4 is 20.1 Å². The van der Waals surface area contributed by atoms with Crippen molar-refractivity contribution in [2.45, 2.75) is 18.9 Å². The number of nitrogens with one attached hydrogen (secondary N) is 2. The highest BCUT2D eigenvalue weighted by atomic mass is 35.5. The molecule has 0 aliphatic carbocycles. The Kier molecular flexibility index (Phi) is 6.47. The summed E-state index contributed by atoms with van der Waals surface area (Å²) in [5.74, 6) is 0.135. The number of ether oxygens (including phenoxy) is 2. The molecule has 1 aliphatic heterocycles. The van der Waals surface area contributed by atoms with E-state index < -0.39 is 0 Å². The van der Waals surface area contributed by atoms with Gasteiger partial charge in [-0.2, -0.15) is 0 Å². The number of carbonyl (C=O) groups excluding carboxylic acids is 1. The zero-order chi connectivity index (χ0) is 13.7. The molecule has 0 bridgehead atoms. The quantitative estimate of drug-likeness (QED) is 0.819. The fourth-order valence-corrected chi connectivity index (χ4v) is 2.09. The van der Waals surface area contributed by atoms with E-state index in [2.05, 4.69) is 20.6 Å². The summed E-state index contributed by atoms with van der Waals surface area (Å²) in [6, 6.07) is 0.325. The standard InChI is InChI=1S/C12H18N4O3.ClH/c1-18-11-9(12(19-2)16-7-15-11)10(17)14-6-8-4-3-5-13-8;/h7-8,13H,3-6H2,1-2H3,(H,14,17);1H. The van der Waals surface area contributed by atoms with Crippen molar-refractivity contribution in [3.8, 4) is 11.8 Å². The van der Waals surface area contributed by atoms with Crippen LogP contribution in [0.3, 0.4) is 0 Å². The predicted octanol–water partition coefficient (Wildman–Crippen LogP) is 0.397. The molecule has 0 saturated carbocycles. The second kappa shape index (κ2) is 7.86. The summed E-state index contributed by atoms with van der Waals surface area (Å²) in [5, 5.41) is 6.16. The summed E-state index contributed by atoms with van der Waals surface area (Å²) in [6.07, 6.45) is 3.51. The number of methoxy groups -OCH3 is 2. The monoisotopic (exact) mass is 302 g/mol. The van der Waals surface area contributed by atoms with Gasteiger partial charge in [0.05, 0.1) is 14.2 Å². The largest absolute Gasteiger partial charge is 0.480 e. The van der Waals surface area contributed by atoms with Gasteiger partial charge in [-0.25, -0.2) is 9.97 Å². The van der Waals surface area contributed by atoms with Gasteiger partial charge in [0.1, 0.15) is 6.33 Å². The molecule has 0 aromatic carbocycles. The third-order valence-electron chi connectivity index (χ3n) is 3.06. The van der Waals surface area contributed by atoms with Crippen LogP contribution in [0.1, 0.15) is 23.2 Å². The van der Waals surface area contributed by atoms with Crippen LogP contribution in [0.25, 0.3) is 0 Å². The van der Waals surface area contributed by atoms with Gasteiger partial charge in [0, 0.05) is 12.6 Å². The van der Waals surface area contributed by atoms with E-state index in [9.17, 15) is 4.79 Å². The minimum Gasteiger partial charge on any atom is -0.480 e. The van der Waals surface area contributed by atoms with Crippen LogP contribution >= 0.6 is 12.4 Å². The number of carbonyl (C=O) groups is 1. The van der Waals surface area contributed by atoms with Crippen LogP contribution in [0.5, 0.6) is 11.8 Å². The molecule has 20 heavy (non-hydrogen) atoms. The van der Waals surface area contributed by atoms with Crippen molar-refractivity contribution in [1.29, 1.82) is 0 Å². The number of rotatable bonds is 5. The average Bonchev–Trinajstić information content (AvgIpc) is 2.97. The minimum absolute atomic E-state index is 0. The molecule has 1 atom stereocenters. The van der Waals surface area contributed by atoms with Gasteiger partial charge in [0.2, 0.25) is 11.8 Å². The molecule has 2 heterocycles. The van der Waals surface area contributed by atoms with Crippen LogP contribution in [-0.4, -0.2) is 49.2 Å². The summed E-state index contributed by atoms with van der Waals surface area (Å²) in [5.41, 5.74) is 0.227.